The van der Waals surface area contributed by atoms with Gasteiger partial charge in [0, 0.05) is 12.0 Å². The van der Waals surface area contributed by atoms with E-state index in [1.54, 1.807) is 0 Å². The number of nitrogens with zero attached hydrogens (tertiary/aromatic N) is 1. The number of rotatable bonds is 0. The van der Waals surface area contributed by atoms with Gasteiger partial charge in [-0.3, -0.25) is 9.69 Å². The van der Waals surface area contributed by atoms with Gasteiger partial charge in [-0.25, -0.2) is 0 Å². The molecule has 2 heterocycles. The maximum Gasteiger partial charge on any atom is 0.160 e. The summed E-state index contributed by atoms with van der Waals surface area (Å²) in [6.07, 6.45) is 7.69. The smallest absolute Gasteiger partial charge is 0.160 e. The molecule has 2 fully saturated rings. The molecule has 0 aromatic carbocycles. The van der Waals surface area contributed by atoms with Crippen molar-refractivity contribution in [3.8, 4) is 0 Å². The molecule has 1 aliphatic carbocycles. The standard InChI is InChI=1S/C11H15NO/c13-10-4-3-8-2-1-6-12-7-5-9(10)11(8)12/h3-4,8-9,11H,1-2,5-7H2. The van der Waals surface area contributed by atoms with Crippen molar-refractivity contribution in [2.24, 2.45) is 11.8 Å². The second-order valence-corrected chi connectivity index (χ2v) is 4.49. The first-order valence-electron chi connectivity index (χ1n) is 5.32. The van der Waals surface area contributed by atoms with Crippen LogP contribution in [0.1, 0.15) is 19.3 Å². The minimum atomic E-state index is 0.343. The second-order valence-electron chi connectivity index (χ2n) is 4.49. The Balaban J connectivity index is 1.97. The van der Waals surface area contributed by atoms with Gasteiger partial charge < -0.3 is 0 Å². The van der Waals surface area contributed by atoms with Crippen LogP contribution < -0.4 is 0 Å². The molecular weight excluding hydrogens is 162 g/mol. The van der Waals surface area contributed by atoms with Crippen molar-refractivity contribution in [1.82, 2.24) is 4.90 Å². The van der Waals surface area contributed by atoms with E-state index in [0.29, 0.717) is 23.7 Å². The Morgan fingerprint density at radius 2 is 2.23 bits per heavy atom. The Morgan fingerprint density at radius 1 is 1.31 bits per heavy atom. The van der Waals surface area contributed by atoms with Crippen LogP contribution >= 0.6 is 0 Å². The summed E-state index contributed by atoms with van der Waals surface area (Å²) in [6.45, 7) is 2.37. The van der Waals surface area contributed by atoms with Crippen LogP contribution in [0.2, 0.25) is 0 Å². The van der Waals surface area contributed by atoms with Crippen molar-refractivity contribution in [2.75, 3.05) is 13.1 Å². The summed E-state index contributed by atoms with van der Waals surface area (Å²) in [5, 5.41) is 0. The minimum Gasteiger partial charge on any atom is -0.299 e. The first kappa shape index (κ1) is 7.74. The summed E-state index contributed by atoms with van der Waals surface area (Å²) >= 11 is 0. The van der Waals surface area contributed by atoms with E-state index in [9.17, 15) is 4.79 Å². The van der Waals surface area contributed by atoms with E-state index in [0.717, 1.165) is 13.0 Å². The second kappa shape index (κ2) is 2.68. The topological polar surface area (TPSA) is 20.3 Å². The minimum absolute atomic E-state index is 0.343. The van der Waals surface area contributed by atoms with Crippen LogP contribution in [0.15, 0.2) is 12.2 Å². The molecule has 13 heavy (non-hydrogen) atoms. The van der Waals surface area contributed by atoms with Gasteiger partial charge in [0.2, 0.25) is 0 Å². The Hall–Kier alpha value is -0.630. The summed E-state index contributed by atoms with van der Waals surface area (Å²) in [6, 6.07) is 0.575. The molecule has 3 aliphatic rings. The third-order valence-corrected chi connectivity index (χ3v) is 3.86. The Morgan fingerprint density at radius 3 is 3.15 bits per heavy atom. The fourth-order valence-electron chi connectivity index (χ4n) is 3.27. The summed E-state index contributed by atoms with van der Waals surface area (Å²) in [5.74, 6) is 1.40. The highest BCUT2D eigenvalue weighted by molar-refractivity contribution is 5.93. The van der Waals surface area contributed by atoms with E-state index in [4.69, 9.17) is 0 Å². The monoisotopic (exact) mass is 177 g/mol. The van der Waals surface area contributed by atoms with Gasteiger partial charge in [0.1, 0.15) is 0 Å². The predicted molar refractivity (Wildman–Crippen MR) is 50.3 cm³/mol. The summed E-state index contributed by atoms with van der Waals surface area (Å²) in [5.41, 5.74) is 0. The van der Waals surface area contributed by atoms with Crippen LogP contribution in [0, 0.1) is 11.8 Å². The van der Waals surface area contributed by atoms with Crippen LogP contribution in [0.5, 0.6) is 0 Å². The lowest BCUT2D eigenvalue weighted by atomic mass is 9.77. The zero-order chi connectivity index (χ0) is 8.84. The van der Waals surface area contributed by atoms with Gasteiger partial charge in [0.15, 0.2) is 5.78 Å². The zero-order valence-corrected chi connectivity index (χ0v) is 7.78. The number of hydrogen-bond acceptors (Lipinski definition) is 2. The molecule has 2 nitrogen and oxygen atoms in total. The van der Waals surface area contributed by atoms with Crippen LogP contribution in [-0.4, -0.2) is 29.8 Å². The molecule has 0 saturated carbocycles. The van der Waals surface area contributed by atoms with Crippen molar-refractivity contribution in [1.29, 1.82) is 0 Å². The van der Waals surface area contributed by atoms with Gasteiger partial charge in [-0.1, -0.05) is 6.08 Å². The maximum atomic E-state index is 11.6. The Kier molecular flexibility index (Phi) is 1.59. The molecule has 0 aromatic heterocycles. The molecule has 2 heteroatoms. The Bertz CT molecular complexity index is 271. The summed E-state index contributed by atoms with van der Waals surface area (Å²) in [7, 11) is 0. The van der Waals surface area contributed by atoms with Crippen LogP contribution in [0.3, 0.4) is 0 Å². The molecule has 0 aromatic rings. The predicted octanol–water partition coefficient (Wildman–Crippen LogP) is 1.23. The molecule has 70 valence electrons. The van der Waals surface area contributed by atoms with E-state index >= 15 is 0 Å². The maximum absolute atomic E-state index is 11.6. The van der Waals surface area contributed by atoms with Crippen LogP contribution in [-0.2, 0) is 4.79 Å². The molecule has 2 aliphatic heterocycles. The number of hydrogen-bond donors (Lipinski definition) is 0. The summed E-state index contributed by atoms with van der Waals surface area (Å²) in [4.78, 5) is 14.1. The number of allylic oxidation sites excluding steroid dienone is 1. The molecular formula is C11H15NO. The molecule has 3 unspecified atom stereocenters. The SMILES string of the molecule is O=C1C=CC2CCCN3CCC1C23. The van der Waals surface area contributed by atoms with Crippen molar-refractivity contribution < 1.29 is 4.79 Å². The van der Waals surface area contributed by atoms with Gasteiger partial charge in [-0.15, -0.1) is 0 Å². The highest BCUT2D eigenvalue weighted by Crippen LogP contribution is 2.39. The van der Waals surface area contributed by atoms with Gasteiger partial charge >= 0.3 is 0 Å². The van der Waals surface area contributed by atoms with Crippen molar-refractivity contribution in [3.05, 3.63) is 12.2 Å². The van der Waals surface area contributed by atoms with Gasteiger partial charge in [-0.05, 0) is 44.3 Å². The number of ketones is 1. The Labute approximate surface area is 78.6 Å². The molecule has 3 rings (SSSR count). The highest BCUT2D eigenvalue weighted by atomic mass is 16.1. The van der Waals surface area contributed by atoms with Gasteiger partial charge in [-0.2, -0.15) is 0 Å². The van der Waals surface area contributed by atoms with E-state index in [1.165, 1.54) is 19.4 Å². The average molecular weight is 177 g/mol. The molecule has 0 bridgehead atoms. The molecule has 2 saturated heterocycles. The number of carbonyl (C=O) groups is 1. The van der Waals surface area contributed by atoms with E-state index in [1.807, 2.05) is 6.08 Å². The normalized spacial score (nSPS) is 43.7. The lowest BCUT2D eigenvalue weighted by molar-refractivity contribution is -0.120. The van der Waals surface area contributed by atoms with E-state index < -0.39 is 0 Å². The molecule has 0 spiro atoms. The van der Waals surface area contributed by atoms with Crippen LogP contribution in [0.25, 0.3) is 0 Å². The van der Waals surface area contributed by atoms with E-state index in [2.05, 4.69) is 11.0 Å². The first-order chi connectivity index (χ1) is 6.36. The number of carbonyl (C=O) groups excluding carboxylic acids is 1. The van der Waals surface area contributed by atoms with Gasteiger partial charge in [0.05, 0.1) is 0 Å². The van der Waals surface area contributed by atoms with Gasteiger partial charge in [0.25, 0.3) is 0 Å². The zero-order valence-electron chi connectivity index (χ0n) is 7.78. The van der Waals surface area contributed by atoms with Crippen molar-refractivity contribution in [2.45, 2.75) is 25.3 Å². The molecule has 3 atom stereocenters. The lowest BCUT2D eigenvalue weighted by Gasteiger charge is -2.39. The van der Waals surface area contributed by atoms with Crippen molar-refractivity contribution >= 4 is 5.78 Å². The fraction of sp³-hybridized carbons (Fsp3) is 0.727. The quantitative estimate of drug-likeness (QED) is 0.554. The van der Waals surface area contributed by atoms with E-state index in [-0.39, 0.29) is 0 Å². The summed E-state index contributed by atoms with van der Waals surface area (Å²) < 4.78 is 0. The third kappa shape index (κ3) is 1.01. The molecule has 0 radical (unpaired) electrons. The first-order valence-corrected chi connectivity index (χ1v) is 5.32. The fourth-order valence-corrected chi connectivity index (χ4v) is 3.27. The molecule has 0 amide bonds. The van der Waals surface area contributed by atoms with Crippen molar-refractivity contribution in [3.63, 3.8) is 0 Å². The number of piperidine rings is 1. The third-order valence-electron chi connectivity index (χ3n) is 3.86. The average Bonchev–Trinajstić information content (AvgIpc) is 2.57. The largest absolute Gasteiger partial charge is 0.299 e. The lowest BCUT2D eigenvalue weighted by Crippen LogP contribution is -2.46. The molecule has 0 N–H and O–H groups in total. The highest BCUT2D eigenvalue weighted by Gasteiger charge is 2.44. The van der Waals surface area contributed by atoms with Crippen LogP contribution in [0.4, 0.5) is 0 Å².